The van der Waals surface area contributed by atoms with Crippen molar-refractivity contribution >= 4 is 39.2 Å². The highest BCUT2D eigenvalue weighted by molar-refractivity contribution is 7.89. The summed E-state index contributed by atoms with van der Waals surface area (Å²) in [5.74, 6) is -1.17. The Balaban J connectivity index is 2.19. The van der Waals surface area contributed by atoms with Crippen molar-refractivity contribution < 1.29 is 18.3 Å². The van der Waals surface area contributed by atoms with Gasteiger partial charge in [-0.2, -0.15) is 4.31 Å². The summed E-state index contributed by atoms with van der Waals surface area (Å²) >= 11 is 12.1. The number of carboxylic acid groups (broad SMARTS) is 1. The summed E-state index contributed by atoms with van der Waals surface area (Å²) in [4.78, 5) is 12.0. The number of halogens is 2. The molecule has 8 heteroatoms. The van der Waals surface area contributed by atoms with Crippen molar-refractivity contribution in [3.05, 3.63) is 75.3 Å². The van der Waals surface area contributed by atoms with Gasteiger partial charge in [-0.25, -0.2) is 13.2 Å². The molecule has 0 aliphatic carbocycles. The minimum absolute atomic E-state index is 0.000857. The molecule has 2 atom stereocenters. The predicted octanol–water partition coefficient (Wildman–Crippen LogP) is 4.84. The largest absolute Gasteiger partial charge is 0.478 e. The Kier molecular flexibility index (Phi) is 5.87. The van der Waals surface area contributed by atoms with Gasteiger partial charge in [-0.15, -0.1) is 0 Å². The van der Waals surface area contributed by atoms with Crippen molar-refractivity contribution in [2.75, 3.05) is 0 Å². The second-order valence-electron chi connectivity index (χ2n) is 6.63. The molecule has 5 nitrogen and oxygen atoms in total. The Morgan fingerprint density at radius 1 is 1.11 bits per heavy atom. The predicted molar refractivity (Wildman–Crippen MR) is 109 cm³/mol. The van der Waals surface area contributed by atoms with Gasteiger partial charge < -0.3 is 5.11 Å². The van der Waals surface area contributed by atoms with Crippen LogP contribution in [-0.4, -0.2) is 29.8 Å². The number of aliphatic carboxylic acids is 1. The van der Waals surface area contributed by atoms with Crippen LogP contribution in [0.2, 0.25) is 10.0 Å². The molecule has 28 heavy (non-hydrogen) atoms. The summed E-state index contributed by atoms with van der Waals surface area (Å²) in [5, 5.41) is 10.3. The lowest BCUT2D eigenvalue weighted by atomic mass is 10.0. The molecule has 0 spiro atoms. The Hall–Kier alpha value is -1.86. The van der Waals surface area contributed by atoms with E-state index >= 15 is 0 Å². The summed E-state index contributed by atoms with van der Waals surface area (Å²) in [6.45, 7) is 3.68. The Morgan fingerprint density at radius 3 is 2.29 bits per heavy atom. The molecule has 148 valence electrons. The molecular weight excluding hydrogens is 421 g/mol. The second-order valence-corrected chi connectivity index (χ2v) is 9.28. The van der Waals surface area contributed by atoms with Gasteiger partial charge >= 0.3 is 5.97 Å². The molecule has 2 aromatic carbocycles. The molecule has 0 unspecified atom stereocenters. The molecule has 0 bridgehead atoms. The Morgan fingerprint density at radius 2 is 1.75 bits per heavy atom. The lowest BCUT2D eigenvalue weighted by molar-refractivity contribution is -0.133. The summed E-state index contributed by atoms with van der Waals surface area (Å²) < 4.78 is 28.2. The van der Waals surface area contributed by atoms with Gasteiger partial charge in [0.15, 0.2) is 0 Å². The minimum atomic E-state index is -3.96. The van der Waals surface area contributed by atoms with Gasteiger partial charge in [-0.05, 0) is 43.2 Å². The zero-order valence-corrected chi connectivity index (χ0v) is 17.6. The van der Waals surface area contributed by atoms with Gasteiger partial charge in [0.1, 0.15) is 0 Å². The quantitative estimate of drug-likeness (QED) is 0.722. The van der Waals surface area contributed by atoms with Crippen LogP contribution in [-0.2, 0) is 14.8 Å². The number of sulfonamides is 1. The Bertz CT molecular complexity index is 1050. The number of rotatable bonds is 5. The normalized spacial score (nSPS) is 20.2. The topological polar surface area (TPSA) is 74.7 Å². The van der Waals surface area contributed by atoms with Crippen molar-refractivity contribution in [3.8, 4) is 0 Å². The first kappa shape index (κ1) is 20.9. The van der Waals surface area contributed by atoms with E-state index in [-0.39, 0.29) is 15.5 Å². The standard InChI is InChI=1S/C20H19Cl2NO4S/c1-3-14-11-16(20(24)25)19(13-6-9-17(21)18(22)10-13)23(14)28(26,27)15-7-4-12(2)5-8-15/h4-11,14,19H,3H2,1-2H3,(H,24,25)/t14-,19+/m1/s1. The van der Waals surface area contributed by atoms with Gasteiger partial charge in [0.05, 0.1) is 26.6 Å². The molecule has 0 radical (unpaired) electrons. The monoisotopic (exact) mass is 439 g/mol. The summed E-state index contributed by atoms with van der Waals surface area (Å²) in [6, 6.07) is 9.55. The fourth-order valence-corrected chi connectivity index (χ4v) is 5.45. The second kappa shape index (κ2) is 7.87. The molecule has 3 rings (SSSR count). The van der Waals surface area contributed by atoms with Crippen LogP contribution in [0.15, 0.2) is 59.0 Å². The van der Waals surface area contributed by atoms with Gasteiger partial charge in [0, 0.05) is 6.04 Å². The van der Waals surface area contributed by atoms with Crippen molar-refractivity contribution in [2.45, 2.75) is 37.2 Å². The van der Waals surface area contributed by atoms with Crippen LogP contribution in [0, 0.1) is 6.92 Å². The minimum Gasteiger partial charge on any atom is -0.478 e. The first-order valence-corrected chi connectivity index (χ1v) is 10.9. The maximum absolute atomic E-state index is 13.5. The molecule has 0 fully saturated rings. The molecule has 0 aromatic heterocycles. The van der Waals surface area contributed by atoms with E-state index in [9.17, 15) is 18.3 Å². The van der Waals surface area contributed by atoms with E-state index < -0.39 is 28.1 Å². The molecule has 1 aliphatic rings. The summed E-state index contributed by atoms with van der Waals surface area (Å²) in [6.07, 6.45) is 1.93. The Labute approximate surface area is 174 Å². The number of carbonyl (C=O) groups is 1. The number of aryl methyl sites for hydroxylation is 1. The average Bonchev–Trinajstić information content (AvgIpc) is 3.05. The molecule has 1 N–H and O–H groups in total. The van der Waals surface area contributed by atoms with Crippen molar-refractivity contribution in [2.24, 2.45) is 0 Å². The van der Waals surface area contributed by atoms with Gasteiger partial charge in [-0.3, -0.25) is 0 Å². The lowest BCUT2D eigenvalue weighted by Crippen LogP contribution is -2.38. The number of hydrogen-bond donors (Lipinski definition) is 1. The van der Waals surface area contributed by atoms with E-state index in [0.29, 0.717) is 17.0 Å². The molecule has 1 aliphatic heterocycles. The fraction of sp³-hybridized carbons (Fsp3) is 0.250. The molecule has 2 aromatic rings. The lowest BCUT2D eigenvalue weighted by Gasteiger charge is -2.30. The van der Waals surface area contributed by atoms with Crippen LogP contribution >= 0.6 is 23.2 Å². The van der Waals surface area contributed by atoms with Crippen molar-refractivity contribution in [1.82, 2.24) is 4.31 Å². The average molecular weight is 440 g/mol. The summed E-state index contributed by atoms with van der Waals surface area (Å²) in [5.41, 5.74) is 1.38. The van der Waals surface area contributed by atoms with E-state index in [2.05, 4.69) is 0 Å². The van der Waals surface area contributed by atoms with E-state index in [4.69, 9.17) is 23.2 Å². The van der Waals surface area contributed by atoms with Gasteiger partial charge in [-0.1, -0.05) is 60.0 Å². The molecular formula is C20H19Cl2NO4S. The maximum Gasteiger partial charge on any atom is 0.333 e. The maximum atomic E-state index is 13.5. The van der Waals surface area contributed by atoms with E-state index in [1.54, 1.807) is 18.2 Å². The van der Waals surface area contributed by atoms with Crippen LogP contribution in [0.3, 0.4) is 0 Å². The molecule has 0 saturated carbocycles. The van der Waals surface area contributed by atoms with Crippen LogP contribution in [0.1, 0.15) is 30.5 Å². The van der Waals surface area contributed by atoms with Crippen LogP contribution in [0.5, 0.6) is 0 Å². The van der Waals surface area contributed by atoms with Crippen molar-refractivity contribution in [3.63, 3.8) is 0 Å². The van der Waals surface area contributed by atoms with Gasteiger partial charge in [0.25, 0.3) is 0 Å². The van der Waals surface area contributed by atoms with E-state index in [0.717, 1.165) is 5.56 Å². The highest BCUT2D eigenvalue weighted by Crippen LogP contribution is 2.43. The van der Waals surface area contributed by atoms with Crippen LogP contribution in [0.25, 0.3) is 0 Å². The summed E-state index contributed by atoms with van der Waals surface area (Å²) in [7, 11) is -3.96. The highest BCUT2D eigenvalue weighted by atomic mass is 35.5. The third-order valence-corrected chi connectivity index (χ3v) is 7.41. The molecule has 0 saturated heterocycles. The zero-order valence-electron chi connectivity index (χ0n) is 15.3. The van der Waals surface area contributed by atoms with E-state index in [1.165, 1.54) is 34.6 Å². The zero-order chi connectivity index (χ0) is 20.6. The van der Waals surface area contributed by atoms with E-state index in [1.807, 2.05) is 13.8 Å². The number of hydrogen-bond acceptors (Lipinski definition) is 3. The number of benzene rings is 2. The van der Waals surface area contributed by atoms with Gasteiger partial charge in [0.2, 0.25) is 10.0 Å². The van der Waals surface area contributed by atoms with Crippen LogP contribution in [0.4, 0.5) is 0 Å². The third kappa shape index (κ3) is 3.70. The number of carboxylic acids is 1. The smallest absolute Gasteiger partial charge is 0.333 e. The number of nitrogens with zero attached hydrogens (tertiary/aromatic N) is 1. The first-order chi connectivity index (χ1) is 13.2. The molecule has 1 heterocycles. The highest BCUT2D eigenvalue weighted by Gasteiger charge is 2.45. The fourth-order valence-electron chi connectivity index (χ4n) is 3.34. The van der Waals surface area contributed by atoms with Crippen molar-refractivity contribution in [1.29, 1.82) is 0 Å². The SMILES string of the molecule is CC[C@@H]1C=C(C(=O)O)[C@H](c2ccc(Cl)c(Cl)c2)N1S(=O)(=O)c1ccc(C)cc1. The third-order valence-electron chi connectivity index (χ3n) is 4.77. The molecule has 0 amide bonds. The van der Waals surface area contributed by atoms with Crippen LogP contribution < -0.4 is 0 Å². The first-order valence-electron chi connectivity index (χ1n) is 8.67.